The van der Waals surface area contributed by atoms with Gasteiger partial charge in [-0.3, -0.25) is 0 Å². The molecule has 3 rings (SSSR count). The molecule has 0 saturated carbocycles. The fourth-order valence-electron chi connectivity index (χ4n) is 2.72. The number of benzene rings is 3. The van der Waals surface area contributed by atoms with Crippen LogP contribution in [0.4, 0.5) is 65.9 Å². The number of nitrogens with zero attached hydrogens (tertiary/aromatic N) is 1. The Morgan fingerprint density at radius 2 is 0.658 bits per heavy atom. The van der Waals surface area contributed by atoms with Gasteiger partial charge in [0.05, 0.1) is 0 Å². The van der Waals surface area contributed by atoms with Crippen molar-refractivity contribution in [3.63, 3.8) is 0 Å². The third-order valence-corrected chi connectivity index (χ3v) is 4.43. The van der Waals surface area contributed by atoms with Gasteiger partial charge < -0.3 is 9.47 Å². The highest BCUT2D eigenvalue weighted by atomic mass is 19.4. The first kappa shape index (κ1) is 28.3. The van der Waals surface area contributed by atoms with E-state index in [1.165, 1.54) is 0 Å². The summed E-state index contributed by atoms with van der Waals surface area (Å²) in [5, 5.41) is 8.48. The summed E-state index contributed by atoms with van der Waals surface area (Å²) in [5.41, 5.74) is -5.03. The lowest BCUT2D eigenvalue weighted by atomic mass is 10.1. The lowest BCUT2D eigenvalue weighted by Gasteiger charge is -2.17. The first-order chi connectivity index (χ1) is 17.5. The summed E-state index contributed by atoms with van der Waals surface area (Å²) in [5.74, 6) is -44.6. The maximum absolute atomic E-state index is 14.3. The van der Waals surface area contributed by atoms with Crippen molar-refractivity contribution >= 4 is 0 Å². The van der Waals surface area contributed by atoms with Crippen LogP contribution in [0, 0.1) is 81.1 Å². The van der Waals surface area contributed by atoms with Gasteiger partial charge in [-0.2, -0.15) is 53.6 Å². The smallest absolute Gasteiger partial charge is 0.422 e. The monoisotopic (exact) mass is 571 g/mol. The van der Waals surface area contributed by atoms with Crippen LogP contribution in [0.15, 0.2) is 0 Å². The zero-order chi connectivity index (χ0) is 29.0. The maximum atomic E-state index is 14.3. The van der Waals surface area contributed by atoms with Crippen LogP contribution in [-0.2, 0) is 6.18 Å². The van der Waals surface area contributed by atoms with Gasteiger partial charge in [0.2, 0.25) is 69.5 Å². The summed E-state index contributed by atoms with van der Waals surface area (Å²) >= 11 is 0. The number of hydrogen-bond donors (Lipinski definition) is 0. The Labute approximate surface area is 197 Å². The molecule has 0 unspecified atom stereocenters. The van der Waals surface area contributed by atoms with Crippen LogP contribution in [0.2, 0.25) is 0 Å². The highest BCUT2D eigenvalue weighted by molar-refractivity contribution is 5.47. The molecule has 0 fully saturated rings. The van der Waals surface area contributed by atoms with Gasteiger partial charge in [0.25, 0.3) is 0 Å². The van der Waals surface area contributed by atoms with Gasteiger partial charge in [0, 0.05) is 0 Å². The van der Waals surface area contributed by atoms with E-state index in [4.69, 9.17) is 5.26 Å². The van der Waals surface area contributed by atoms with Crippen molar-refractivity contribution in [2.24, 2.45) is 0 Å². The van der Waals surface area contributed by atoms with E-state index in [2.05, 4.69) is 9.47 Å². The summed E-state index contributed by atoms with van der Waals surface area (Å²) in [7, 11) is 0. The zero-order valence-corrected chi connectivity index (χ0v) is 16.9. The summed E-state index contributed by atoms with van der Waals surface area (Å²) in [4.78, 5) is 0. The van der Waals surface area contributed by atoms with E-state index in [0.29, 0.717) is 6.07 Å². The summed E-state index contributed by atoms with van der Waals surface area (Å²) in [6.45, 7) is 0. The SMILES string of the molecule is N#Cc1c(F)c(F)c(Oc2c(F)c(F)c(Oc3c(F)c(F)c(C(F)(F)F)c(F)c3F)c(F)c2F)c(F)c1F. The highest BCUT2D eigenvalue weighted by Gasteiger charge is 2.43. The number of hydrogen-bond acceptors (Lipinski definition) is 3. The van der Waals surface area contributed by atoms with Gasteiger partial charge in [-0.15, -0.1) is 0 Å². The standard InChI is InChI=1S/C20F15NO2/c21-4-2(1-36)5(22)9(26)16(8(4)25)37-18-12(29)14(31)19(15(32)13(18)30)38-17-10(27)6(23)3(20(33,34)35)7(24)11(17)28. The molecule has 0 heterocycles. The molecule has 0 aliphatic carbocycles. The first-order valence-electron chi connectivity index (χ1n) is 8.87. The molecular formula is C20F15NO2. The fourth-order valence-corrected chi connectivity index (χ4v) is 2.72. The van der Waals surface area contributed by atoms with Gasteiger partial charge in [0.1, 0.15) is 17.2 Å². The van der Waals surface area contributed by atoms with Crippen LogP contribution in [0.25, 0.3) is 0 Å². The molecule has 0 atom stereocenters. The average Bonchev–Trinajstić information content (AvgIpc) is 2.84. The molecule has 18 heteroatoms. The molecule has 0 bridgehead atoms. The normalized spacial score (nSPS) is 11.5. The molecule has 0 amide bonds. The molecule has 0 aromatic heterocycles. The third kappa shape index (κ3) is 4.26. The Balaban J connectivity index is 2.19. The van der Waals surface area contributed by atoms with Crippen LogP contribution in [-0.4, -0.2) is 0 Å². The van der Waals surface area contributed by atoms with Crippen molar-refractivity contribution in [1.29, 1.82) is 5.26 Å². The van der Waals surface area contributed by atoms with Crippen LogP contribution in [0.1, 0.15) is 11.1 Å². The average molecular weight is 571 g/mol. The molecule has 0 aliphatic rings. The molecule has 202 valence electrons. The van der Waals surface area contributed by atoms with Crippen molar-refractivity contribution in [3.05, 3.63) is 80.9 Å². The molecular weight excluding hydrogens is 571 g/mol. The summed E-state index contributed by atoms with van der Waals surface area (Å²) in [6, 6.07) is 0.689. The number of nitriles is 1. The molecule has 0 spiro atoms. The van der Waals surface area contributed by atoms with E-state index in [1.807, 2.05) is 0 Å². The lowest BCUT2D eigenvalue weighted by Crippen LogP contribution is -2.16. The van der Waals surface area contributed by atoms with Crippen molar-refractivity contribution in [3.8, 4) is 29.1 Å². The molecule has 0 saturated heterocycles. The van der Waals surface area contributed by atoms with Crippen LogP contribution in [0.3, 0.4) is 0 Å². The molecule has 0 aliphatic heterocycles. The Morgan fingerprint density at radius 3 is 0.895 bits per heavy atom. The topological polar surface area (TPSA) is 42.2 Å². The maximum Gasteiger partial charge on any atom is 0.422 e. The van der Waals surface area contributed by atoms with Gasteiger partial charge in [-0.1, -0.05) is 0 Å². The second-order valence-electron chi connectivity index (χ2n) is 6.65. The third-order valence-electron chi connectivity index (χ3n) is 4.43. The Bertz CT molecular complexity index is 1450. The number of ether oxygens (including phenoxy) is 2. The molecule has 0 radical (unpaired) electrons. The van der Waals surface area contributed by atoms with Crippen molar-refractivity contribution in [1.82, 2.24) is 0 Å². The molecule has 3 nitrogen and oxygen atoms in total. The van der Waals surface area contributed by atoms with Gasteiger partial charge in [0.15, 0.2) is 23.3 Å². The second-order valence-corrected chi connectivity index (χ2v) is 6.65. The highest BCUT2D eigenvalue weighted by Crippen LogP contribution is 2.44. The Kier molecular flexibility index (Phi) is 7.10. The minimum absolute atomic E-state index is 0.689. The lowest BCUT2D eigenvalue weighted by molar-refractivity contribution is -0.143. The molecule has 38 heavy (non-hydrogen) atoms. The quantitative estimate of drug-likeness (QED) is 0.237. The summed E-state index contributed by atoms with van der Waals surface area (Å²) in [6.07, 6.45) is -6.04. The van der Waals surface area contributed by atoms with Crippen LogP contribution >= 0.6 is 0 Å². The number of rotatable bonds is 4. The van der Waals surface area contributed by atoms with Crippen LogP contribution in [0.5, 0.6) is 23.0 Å². The fraction of sp³-hybridized carbons (Fsp3) is 0.0500. The predicted molar refractivity (Wildman–Crippen MR) is 88.7 cm³/mol. The van der Waals surface area contributed by atoms with E-state index in [-0.39, 0.29) is 0 Å². The van der Waals surface area contributed by atoms with Crippen molar-refractivity contribution in [2.75, 3.05) is 0 Å². The van der Waals surface area contributed by atoms with E-state index >= 15 is 0 Å². The van der Waals surface area contributed by atoms with E-state index in [1.54, 1.807) is 0 Å². The number of alkyl halides is 3. The molecule has 3 aromatic carbocycles. The zero-order valence-electron chi connectivity index (χ0n) is 16.9. The predicted octanol–water partition coefficient (Wildman–Crippen LogP) is 7.83. The van der Waals surface area contributed by atoms with Gasteiger partial charge in [-0.05, 0) is 0 Å². The summed E-state index contributed by atoms with van der Waals surface area (Å²) < 4.78 is 213. The van der Waals surface area contributed by atoms with Crippen molar-refractivity contribution < 1.29 is 75.3 Å². The van der Waals surface area contributed by atoms with Gasteiger partial charge >= 0.3 is 6.18 Å². The molecule has 0 N–H and O–H groups in total. The molecule has 3 aromatic rings. The van der Waals surface area contributed by atoms with Crippen molar-refractivity contribution in [2.45, 2.75) is 6.18 Å². The van der Waals surface area contributed by atoms with Gasteiger partial charge in [-0.25, -0.2) is 17.6 Å². The van der Waals surface area contributed by atoms with E-state index < -0.39 is 110 Å². The first-order valence-corrected chi connectivity index (χ1v) is 8.87. The minimum atomic E-state index is -6.04. The minimum Gasteiger partial charge on any atom is -0.444 e. The Hall–Kier alpha value is -4.30. The Morgan fingerprint density at radius 1 is 0.421 bits per heavy atom. The van der Waals surface area contributed by atoms with E-state index in [9.17, 15) is 65.9 Å². The largest absolute Gasteiger partial charge is 0.444 e. The number of halogens is 15. The second kappa shape index (κ2) is 9.54. The van der Waals surface area contributed by atoms with Crippen LogP contribution < -0.4 is 9.47 Å². The van der Waals surface area contributed by atoms with E-state index in [0.717, 1.165) is 0 Å².